The van der Waals surface area contributed by atoms with E-state index in [0.717, 1.165) is 25.0 Å². The Morgan fingerprint density at radius 2 is 1.90 bits per heavy atom. The smallest absolute Gasteiger partial charge is 0.191 e. The van der Waals surface area contributed by atoms with Crippen LogP contribution in [0.2, 0.25) is 0 Å². The zero-order valence-electron chi connectivity index (χ0n) is 13.1. The molecule has 0 saturated heterocycles. The first-order valence-electron chi connectivity index (χ1n) is 7.37. The van der Waals surface area contributed by atoms with E-state index in [-0.39, 0.29) is 5.78 Å². The number of aryl methyl sites for hydroxylation is 2. The lowest BCUT2D eigenvalue weighted by Crippen LogP contribution is -2.23. The lowest BCUT2D eigenvalue weighted by atomic mass is 10.0. The number of rotatable bonds is 9. The molecule has 0 spiro atoms. The Morgan fingerprint density at radius 3 is 2.55 bits per heavy atom. The third kappa shape index (κ3) is 5.43. The summed E-state index contributed by atoms with van der Waals surface area (Å²) in [6.07, 6.45) is 1.77. The number of ether oxygens (including phenoxy) is 2. The summed E-state index contributed by atoms with van der Waals surface area (Å²) in [5, 5.41) is 0. The number of carbonyl (C=O) groups is 1. The molecule has 1 rings (SSSR count). The highest BCUT2D eigenvalue weighted by Gasteiger charge is 2.15. The molecular weight excluding hydrogens is 252 g/mol. The molecule has 20 heavy (non-hydrogen) atoms. The molecule has 0 radical (unpaired) electrons. The van der Waals surface area contributed by atoms with Gasteiger partial charge in [-0.3, -0.25) is 4.79 Å². The van der Waals surface area contributed by atoms with Crippen LogP contribution in [-0.2, 0) is 9.47 Å². The Morgan fingerprint density at radius 1 is 1.15 bits per heavy atom. The van der Waals surface area contributed by atoms with E-state index in [0.29, 0.717) is 18.8 Å². The molecule has 3 nitrogen and oxygen atoms in total. The molecule has 0 N–H and O–H groups in total. The number of ketones is 1. The second-order valence-corrected chi connectivity index (χ2v) is 5.14. The van der Waals surface area contributed by atoms with Crippen molar-refractivity contribution in [3.05, 3.63) is 34.9 Å². The van der Waals surface area contributed by atoms with Gasteiger partial charge in [0.05, 0.1) is 13.2 Å². The van der Waals surface area contributed by atoms with E-state index in [9.17, 15) is 4.79 Å². The number of Topliss-reactive ketones (excluding diaryl/α,β-unsaturated/α-hetero) is 1. The minimum Gasteiger partial charge on any atom is -0.379 e. The summed E-state index contributed by atoms with van der Waals surface area (Å²) >= 11 is 0. The second-order valence-electron chi connectivity index (χ2n) is 5.14. The minimum absolute atomic E-state index is 0.0293. The van der Waals surface area contributed by atoms with Gasteiger partial charge in [-0.05, 0) is 44.4 Å². The molecule has 0 bridgehead atoms. The van der Waals surface area contributed by atoms with Gasteiger partial charge in [-0.15, -0.1) is 0 Å². The van der Waals surface area contributed by atoms with Gasteiger partial charge in [-0.25, -0.2) is 0 Å². The predicted octanol–water partition coefficient (Wildman–Crippen LogP) is 3.71. The fourth-order valence-electron chi connectivity index (χ4n) is 1.84. The predicted molar refractivity (Wildman–Crippen MR) is 81.4 cm³/mol. The Kier molecular flexibility index (Phi) is 7.48. The normalized spacial score (nSPS) is 12.4. The molecule has 0 aromatic heterocycles. The Hall–Kier alpha value is -1.19. The number of hydrogen-bond acceptors (Lipinski definition) is 3. The zero-order chi connectivity index (χ0) is 15.0. The molecule has 0 aliphatic heterocycles. The quantitative estimate of drug-likeness (QED) is 0.510. The lowest BCUT2D eigenvalue weighted by molar-refractivity contribution is 0.0144. The van der Waals surface area contributed by atoms with Crippen molar-refractivity contribution < 1.29 is 14.3 Å². The monoisotopic (exact) mass is 278 g/mol. The maximum Gasteiger partial charge on any atom is 0.191 e. The zero-order valence-corrected chi connectivity index (χ0v) is 13.1. The van der Waals surface area contributed by atoms with Crippen LogP contribution in [0.3, 0.4) is 0 Å². The molecule has 1 aromatic rings. The van der Waals surface area contributed by atoms with E-state index in [1.807, 2.05) is 32.0 Å². The fourth-order valence-corrected chi connectivity index (χ4v) is 1.84. The largest absolute Gasteiger partial charge is 0.379 e. The molecule has 0 heterocycles. The van der Waals surface area contributed by atoms with Crippen LogP contribution in [0.1, 0.15) is 48.2 Å². The molecule has 1 aromatic carbocycles. The summed E-state index contributed by atoms with van der Waals surface area (Å²) in [6, 6.07) is 5.76. The first kappa shape index (κ1) is 16.9. The van der Waals surface area contributed by atoms with Crippen molar-refractivity contribution in [3.8, 4) is 0 Å². The molecular formula is C17H26O3. The maximum atomic E-state index is 12.2. The molecule has 0 amide bonds. The van der Waals surface area contributed by atoms with Crippen LogP contribution in [0.4, 0.5) is 0 Å². The first-order chi connectivity index (χ1) is 9.56. The summed E-state index contributed by atoms with van der Waals surface area (Å²) in [7, 11) is 0. The average molecular weight is 278 g/mol. The standard InChI is InChI=1S/C17H26O3/c1-5-6-9-19-10-11-20-15(4)17(18)16-8-7-13(2)14(3)12-16/h7-8,12,15H,5-6,9-11H2,1-4H3. The van der Waals surface area contributed by atoms with Crippen molar-refractivity contribution in [1.29, 1.82) is 0 Å². The van der Waals surface area contributed by atoms with Gasteiger partial charge in [0.15, 0.2) is 5.78 Å². The Balaban J connectivity index is 2.37. The molecule has 1 unspecified atom stereocenters. The summed E-state index contributed by atoms with van der Waals surface area (Å²) in [4.78, 5) is 12.2. The van der Waals surface area contributed by atoms with Gasteiger partial charge in [0.25, 0.3) is 0 Å². The summed E-state index contributed by atoms with van der Waals surface area (Å²) in [5.74, 6) is 0.0293. The van der Waals surface area contributed by atoms with Crippen LogP contribution in [0.25, 0.3) is 0 Å². The fraction of sp³-hybridized carbons (Fsp3) is 0.588. The van der Waals surface area contributed by atoms with E-state index >= 15 is 0 Å². The van der Waals surface area contributed by atoms with Crippen molar-refractivity contribution in [2.24, 2.45) is 0 Å². The number of benzene rings is 1. The van der Waals surface area contributed by atoms with Gasteiger partial charge in [0.2, 0.25) is 0 Å². The number of hydrogen-bond donors (Lipinski definition) is 0. The van der Waals surface area contributed by atoms with Crippen LogP contribution in [0.5, 0.6) is 0 Å². The highest BCUT2D eigenvalue weighted by atomic mass is 16.5. The lowest BCUT2D eigenvalue weighted by Gasteiger charge is -2.13. The van der Waals surface area contributed by atoms with Crippen LogP contribution in [-0.4, -0.2) is 31.7 Å². The van der Waals surface area contributed by atoms with E-state index in [2.05, 4.69) is 6.92 Å². The molecule has 0 fully saturated rings. The summed E-state index contributed by atoms with van der Waals surface area (Å²) < 4.78 is 10.9. The topological polar surface area (TPSA) is 35.5 Å². The van der Waals surface area contributed by atoms with Crippen molar-refractivity contribution in [3.63, 3.8) is 0 Å². The number of carbonyl (C=O) groups excluding carboxylic acids is 1. The SMILES string of the molecule is CCCCOCCOC(C)C(=O)c1ccc(C)c(C)c1. The summed E-state index contributed by atoms with van der Waals surface area (Å²) in [6.45, 7) is 9.75. The van der Waals surface area contributed by atoms with Crippen molar-refractivity contribution in [1.82, 2.24) is 0 Å². The number of unbranched alkanes of at least 4 members (excludes halogenated alkanes) is 1. The second kappa shape index (κ2) is 8.88. The van der Waals surface area contributed by atoms with Crippen LogP contribution in [0.15, 0.2) is 18.2 Å². The van der Waals surface area contributed by atoms with Crippen molar-refractivity contribution in [2.75, 3.05) is 19.8 Å². The Labute approximate surface area is 122 Å². The highest BCUT2D eigenvalue weighted by Crippen LogP contribution is 2.12. The van der Waals surface area contributed by atoms with Gasteiger partial charge in [-0.2, -0.15) is 0 Å². The minimum atomic E-state index is -0.424. The van der Waals surface area contributed by atoms with Gasteiger partial charge in [0, 0.05) is 12.2 Å². The van der Waals surface area contributed by atoms with Crippen molar-refractivity contribution in [2.45, 2.75) is 46.6 Å². The van der Waals surface area contributed by atoms with Gasteiger partial charge in [0.1, 0.15) is 6.10 Å². The molecule has 0 aliphatic carbocycles. The van der Waals surface area contributed by atoms with Gasteiger partial charge in [-0.1, -0.05) is 25.5 Å². The molecule has 0 saturated carbocycles. The van der Waals surface area contributed by atoms with Crippen LogP contribution in [0, 0.1) is 13.8 Å². The molecule has 112 valence electrons. The highest BCUT2D eigenvalue weighted by molar-refractivity contribution is 5.99. The van der Waals surface area contributed by atoms with Gasteiger partial charge < -0.3 is 9.47 Å². The van der Waals surface area contributed by atoms with Crippen molar-refractivity contribution >= 4 is 5.78 Å². The van der Waals surface area contributed by atoms with Crippen LogP contribution < -0.4 is 0 Å². The maximum absolute atomic E-state index is 12.2. The van der Waals surface area contributed by atoms with Gasteiger partial charge >= 0.3 is 0 Å². The van der Waals surface area contributed by atoms with E-state index < -0.39 is 6.10 Å². The third-order valence-corrected chi connectivity index (χ3v) is 3.40. The summed E-state index contributed by atoms with van der Waals surface area (Å²) in [5.41, 5.74) is 3.04. The first-order valence-corrected chi connectivity index (χ1v) is 7.37. The van der Waals surface area contributed by atoms with E-state index in [4.69, 9.17) is 9.47 Å². The molecule has 1 atom stereocenters. The Bertz CT molecular complexity index is 426. The van der Waals surface area contributed by atoms with Crippen LogP contribution >= 0.6 is 0 Å². The van der Waals surface area contributed by atoms with E-state index in [1.54, 1.807) is 6.92 Å². The average Bonchev–Trinajstić information content (AvgIpc) is 2.44. The molecule has 0 aliphatic rings. The van der Waals surface area contributed by atoms with E-state index in [1.165, 1.54) is 5.56 Å². The molecule has 3 heteroatoms. The third-order valence-electron chi connectivity index (χ3n) is 3.40.